The molecule has 3 nitrogen and oxygen atoms in total. The Balaban J connectivity index is 1.44. The Kier molecular flexibility index (Phi) is 3.20. The van der Waals surface area contributed by atoms with E-state index >= 15 is 0 Å². The van der Waals surface area contributed by atoms with Crippen molar-refractivity contribution in [3.05, 3.63) is 0 Å². The molecule has 3 rings (SSSR count). The van der Waals surface area contributed by atoms with Crippen molar-refractivity contribution in [3.8, 4) is 0 Å². The smallest absolute Gasteiger partial charge is 0.0351 e. The molecular formula is C11H21N3S. The van der Waals surface area contributed by atoms with Gasteiger partial charge in [-0.2, -0.15) is 11.8 Å². The van der Waals surface area contributed by atoms with Crippen molar-refractivity contribution in [1.29, 1.82) is 0 Å². The number of likely N-dealkylation sites (tertiary alicyclic amines) is 1. The summed E-state index contributed by atoms with van der Waals surface area (Å²) in [4.78, 5) is 5.38. The highest BCUT2D eigenvalue weighted by atomic mass is 32.2. The van der Waals surface area contributed by atoms with Gasteiger partial charge in [-0.3, -0.25) is 9.80 Å². The zero-order chi connectivity index (χ0) is 10.1. The van der Waals surface area contributed by atoms with Gasteiger partial charge in [-0.25, -0.2) is 0 Å². The maximum Gasteiger partial charge on any atom is 0.0351 e. The number of hydrogen-bond donors (Lipinski definition) is 1. The molecule has 0 bridgehead atoms. The molecule has 4 heteroatoms. The van der Waals surface area contributed by atoms with Crippen molar-refractivity contribution in [1.82, 2.24) is 15.1 Å². The molecule has 0 aliphatic carbocycles. The Bertz CT molecular complexity index is 206. The van der Waals surface area contributed by atoms with Crippen LogP contribution < -0.4 is 5.32 Å². The van der Waals surface area contributed by atoms with Crippen molar-refractivity contribution >= 4 is 11.8 Å². The maximum atomic E-state index is 3.43. The van der Waals surface area contributed by atoms with Crippen LogP contribution in [0.15, 0.2) is 0 Å². The lowest BCUT2D eigenvalue weighted by molar-refractivity contribution is 0.00609. The van der Waals surface area contributed by atoms with E-state index in [2.05, 4.69) is 26.9 Å². The summed E-state index contributed by atoms with van der Waals surface area (Å²) in [6, 6.07) is 1.78. The molecule has 3 aliphatic heterocycles. The molecule has 3 fully saturated rings. The number of piperazine rings is 1. The van der Waals surface area contributed by atoms with Crippen LogP contribution in [0, 0.1) is 0 Å². The van der Waals surface area contributed by atoms with Crippen LogP contribution in [-0.4, -0.2) is 72.7 Å². The van der Waals surface area contributed by atoms with Crippen molar-refractivity contribution in [2.45, 2.75) is 18.5 Å². The van der Waals surface area contributed by atoms with Crippen LogP contribution in [0.4, 0.5) is 0 Å². The lowest BCUT2D eigenvalue weighted by Crippen LogP contribution is -2.64. The van der Waals surface area contributed by atoms with Crippen LogP contribution >= 0.6 is 11.8 Å². The van der Waals surface area contributed by atoms with Crippen LogP contribution in [-0.2, 0) is 0 Å². The SMILES string of the molecule is C1CN(C2CN(C3CCSC3)C2)CCN1. The zero-order valence-corrected chi connectivity index (χ0v) is 10.1. The molecule has 86 valence electrons. The van der Waals surface area contributed by atoms with Crippen molar-refractivity contribution in [2.75, 3.05) is 50.8 Å². The van der Waals surface area contributed by atoms with Gasteiger partial charge in [0.1, 0.15) is 0 Å². The Hall–Kier alpha value is 0.230. The van der Waals surface area contributed by atoms with E-state index in [0.717, 1.165) is 12.1 Å². The van der Waals surface area contributed by atoms with Gasteiger partial charge in [0.2, 0.25) is 0 Å². The molecule has 1 unspecified atom stereocenters. The first-order valence-electron chi connectivity index (χ1n) is 6.20. The van der Waals surface area contributed by atoms with Gasteiger partial charge in [0.25, 0.3) is 0 Å². The van der Waals surface area contributed by atoms with E-state index in [9.17, 15) is 0 Å². The van der Waals surface area contributed by atoms with Gasteiger partial charge in [0.05, 0.1) is 0 Å². The molecular weight excluding hydrogens is 206 g/mol. The first kappa shape index (κ1) is 10.4. The molecule has 0 saturated carbocycles. The highest BCUT2D eigenvalue weighted by Gasteiger charge is 2.36. The number of hydrogen-bond acceptors (Lipinski definition) is 4. The van der Waals surface area contributed by atoms with E-state index in [1.165, 1.54) is 57.2 Å². The minimum absolute atomic E-state index is 0.873. The van der Waals surface area contributed by atoms with E-state index in [1.807, 2.05) is 0 Å². The normalized spacial score (nSPS) is 35.6. The summed E-state index contributed by atoms with van der Waals surface area (Å²) in [5, 5.41) is 3.43. The molecule has 0 amide bonds. The monoisotopic (exact) mass is 227 g/mol. The fourth-order valence-electron chi connectivity index (χ4n) is 2.87. The molecule has 0 aromatic rings. The van der Waals surface area contributed by atoms with E-state index in [1.54, 1.807) is 0 Å². The van der Waals surface area contributed by atoms with Crippen LogP contribution in [0.1, 0.15) is 6.42 Å². The molecule has 0 aromatic carbocycles. The molecule has 0 radical (unpaired) electrons. The first-order chi connectivity index (χ1) is 7.43. The van der Waals surface area contributed by atoms with Gasteiger partial charge in [-0.05, 0) is 12.2 Å². The van der Waals surface area contributed by atoms with Crippen molar-refractivity contribution in [2.24, 2.45) is 0 Å². The Morgan fingerprint density at radius 3 is 2.47 bits per heavy atom. The summed E-state index contributed by atoms with van der Waals surface area (Å²) in [5.74, 6) is 2.77. The second kappa shape index (κ2) is 4.62. The van der Waals surface area contributed by atoms with Crippen LogP contribution in [0.5, 0.6) is 0 Å². The first-order valence-corrected chi connectivity index (χ1v) is 7.35. The van der Waals surface area contributed by atoms with Gasteiger partial charge in [0.15, 0.2) is 0 Å². The third-order valence-corrected chi connectivity index (χ3v) is 5.13. The minimum atomic E-state index is 0.873. The van der Waals surface area contributed by atoms with Gasteiger partial charge in [-0.15, -0.1) is 0 Å². The summed E-state index contributed by atoms with van der Waals surface area (Å²) >= 11 is 2.13. The average Bonchev–Trinajstić information content (AvgIpc) is 2.70. The number of nitrogens with one attached hydrogen (secondary N) is 1. The van der Waals surface area contributed by atoms with Crippen LogP contribution in [0.25, 0.3) is 0 Å². The third kappa shape index (κ3) is 2.18. The van der Waals surface area contributed by atoms with E-state index in [4.69, 9.17) is 0 Å². The highest BCUT2D eigenvalue weighted by molar-refractivity contribution is 7.99. The van der Waals surface area contributed by atoms with Gasteiger partial charge >= 0.3 is 0 Å². The molecule has 3 heterocycles. The Labute approximate surface area is 96.6 Å². The predicted molar refractivity (Wildman–Crippen MR) is 65.5 cm³/mol. The Morgan fingerprint density at radius 1 is 1.00 bits per heavy atom. The second-order valence-corrected chi connectivity index (χ2v) is 6.06. The summed E-state index contributed by atoms with van der Waals surface area (Å²) in [6.45, 7) is 7.58. The fourth-order valence-corrected chi connectivity index (χ4v) is 4.13. The molecule has 0 spiro atoms. The number of nitrogens with zero attached hydrogens (tertiary/aromatic N) is 2. The average molecular weight is 227 g/mol. The number of thioether (sulfide) groups is 1. The highest BCUT2D eigenvalue weighted by Crippen LogP contribution is 2.27. The predicted octanol–water partition coefficient (Wildman–Crippen LogP) is 0.0813. The van der Waals surface area contributed by atoms with Gasteiger partial charge < -0.3 is 5.32 Å². The summed E-state index contributed by atoms with van der Waals surface area (Å²) < 4.78 is 0. The zero-order valence-electron chi connectivity index (χ0n) is 9.32. The number of rotatable bonds is 2. The second-order valence-electron chi connectivity index (χ2n) is 4.91. The third-order valence-electron chi connectivity index (χ3n) is 3.98. The van der Waals surface area contributed by atoms with Gasteiger partial charge in [0, 0.05) is 57.1 Å². The summed E-state index contributed by atoms with van der Waals surface area (Å²) in [6.07, 6.45) is 1.43. The molecule has 3 saturated heterocycles. The molecule has 3 aliphatic rings. The van der Waals surface area contributed by atoms with E-state index < -0.39 is 0 Å². The Morgan fingerprint density at radius 2 is 1.80 bits per heavy atom. The van der Waals surface area contributed by atoms with E-state index in [0.29, 0.717) is 0 Å². The largest absolute Gasteiger partial charge is 0.314 e. The minimum Gasteiger partial charge on any atom is -0.314 e. The van der Waals surface area contributed by atoms with Crippen LogP contribution in [0.3, 0.4) is 0 Å². The summed E-state index contributed by atoms with van der Waals surface area (Å²) in [7, 11) is 0. The molecule has 15 heavy (non-hydrogen) atoms. The standard InChI is InChI=1S/C11H21N3S/c1-6-15-9-10(1)14-7-11(8-14)13-4-2-12-3-5-13/h10-12H,1-9H2. The lowest BCUT2D eigenvalue weighted by atomic mass is 10.0. The summed E-state index contributed by atoms with van der Waals surface area (Å²) in [5.41, 5.74) is 0. The van der Waals surface area contributed by atoms with Crippen LogP contribution in [0.2, 0.25) is 0 Å². The lowest BCUT2D eigenvalue weighted by Gasteiger charge is -2.49. The fraction of sp³-hybridized carbons (Fsp3) is 1.00. The molecule has 0 aromatic heterocycles. The maximum absolute atomic E-state index is 3.43. The van der Waals surface area contributed by atoms with Crippen molar-refractivity contribution in [3.63, 3.8) is 0 Å². The van der Waals surface area contributed by atoms with Crippen molar-refractivity contribution < 1.29 is 0 Å². The van der Waals surface area contributed by atoms with E-state index in [-0.39, 0.29) is 0 Å². The van der Waals surface area contributed by atoms with Gasteiger partial charge in [-0.1, -0.05) is 0 Å². The molecule has 1 atom stereocenters. The molecule has 1 N–H and O–H groups in total. The topological polar surface area (TPSA) is 18.5 Å². The quantitative estimate of drug-likeness (QED) is 0.720.